The fraction of sp³-hybridized carbons (Fsp3) is 0.533. The third-order valence-electron chi connectivity index (χ3n) is 2.71. The second-order valence-electron chi connectivity index (χ2n) is 4.68. The molecule has 2 atom stereocenters. The number of hydrogen-bond donors (Lipinski definition) is 1. The summed E-state index contributed by atoms with van der Waals surface area (Å²) in [6.45, 7) is 5.67. The van der Waals surface area contributed by atoms with E-state index < -0.39 is 12.1 Å². The minimum atomic E-state index is -0.686. The van der Waals surface area contributed by atoms with E-state index in [-0.39, 0.29) is 6.04 Å². The SMILES string of the molecule is CCOC(=O)C(C)Oc1cc(CC(C)N)ccc1OC. The molecule has 0 amide bonds. The van der Waals surface area contributed by atoms with E-state index >= 15 is 0 Å². The molecule has 0 aliphatic rings. The molecule has 0 saturated carbocycles. The van der Waals surface area contributed by atoms with Crippen molar-refractivity contribution in [2.45, 2.75) is 39.3 Å². The largest absolute Gasteiger partial charge is 0.493 e. The molecule has 5 heteroatoms. The normalized spacial score (nSPS) is 13.4. The second-order valence-corrected chi connectivity index (χ2v) is 4.68. The summed E-state index contributed by atoms with van der Waals surface area (Å²) in [5.74, 6) is 0.702. The van der Waals surface area contributed by atoms with E-state index in [4.69, 9.17) is 19.9 Å². The van der Waals surface area contributed by atoms with Gasteiger partial charge in [0.25, 0.3) is 0 Å². The molecule has 0 bridgehead atoms. The van der Waals surface area contributed by atoms with Gasteiger partial charge in [-0.3, -0.25) is 0 Å². The molecule has 0 spiro atoms. The van der Waals surface area contributed by atoms with Crippen molar-refractivity contribution in [3.05, 3.63) is 23.8 Å². The lowest BCUT2D eigenvalue weighted by molar-refractivity contribution is -0.150. The average Bonchev–Trinajstić information content (AvgIpc) is 2.38. The highest BCUT2D eigenvalue weighted by Crippen LogP contribution is 2.29. The van der Waals surface area contributed by atoms with Crippen LogP contribution in [0.1, 0.15) is 26.3 Å². The molecule has 1 aromatic rings. The van der Waals surface area contributed by atoms with E-state index in [2.05, 4.69) is 0 Å². The number of carbonyl (C=O) groups is 1. The molecule has 5 nitrogen and oxygen atoms in total. The highest BCUT2D eigenvalue weighted by Gasteiger charge is 2.18. The number of nitrogens with two attached hydrogens (primary N) is 1. The van der Waals surface area contributed by atoms with E-state index in [0.717, 1.165) is 12.0 Å². The Balaban J connectivity index is 2.87. The van der Waals surface area contributed by atoms with Gasteiger partial charge in [0, 0.05) is 6.04 Å². The van der Waals surface area contributed by atoms with E-state index in [0.29, 0.717) is 18.1 Å². The fourth-order valence-corrected chi connectivity index (χ4v) is 1.81. The molecule has 1 aromatic carbocycles. The maximum absolute atomic E-state index is 11.6. The van der Waals surface area contributed by atoms with Crippen molar-refractivity contribution in [2.24, 2.45) is 5.73 Å². The van der Waals surface area contributed by atoms with Crippen LogP contribution in [0.5, 0.6) is 11.5 Å². The van der Waals surface area contributed by atoms with Crippen LogP contribution in [0.15, 0.2) is 18.2 Å². The van der Waals surface area contributed by atoms with Crippen molar-refractivity contribution in [2.75, 3.05) is 13.7 Å². The smallest absolute Gasteiger partial charge is 0.347 e. The van der Waals surface area contributed by atoms with Gasteiger partial charge < -0.3 is 19.9 Å². The number of hydrogen-bond acceptors (Lipinski definition) is 5. The summed E-state index contributed by atoms with van der Waals surface area (Å²) in [6.07, 6.45) is 0.0446. The minimum Gasteiger partial charge on any atom is -0.493 e. The van der Waals surface area contributed by atoms with Gasteiger partial charge in [-0.05, 0) is 44.9 Å². The zero-order valence-electron chi connectivity index (χ0n) is 12.5. The zero-order valence-corrected chi connectivity index (χ0v) is 12.5. The molecular weight excluding hydrogens is 258 g/mol. The highest BCUT2D eigenvalue weighted by atomic mass is 16.6. The van der Waals surface area contributed by atoms with Gasteiger partial charge in [0.2, 0.25) is 0 Å². The van der Waals surface area contributed by atoms with Gasteiger partial charge >= 0.3 is 5.97 Å². The minimum absolute atomic E-state index is 0.0544. The lowest BCUT2D eigenvalue weighted by atomic mass is 10.1. The number of methoxy groups -OCH3 is 1. The van der Waals surface area contributed by atoms with Crippen molar-refractivity contribution in [1.82, 2.24) is 0 Å². The van der Waals surface area contributed by atoms with Crippen LogP contribution >= 0.6 is 0 Å². The molecule has 2 unspecified atom stereocenters. The van der Waals surface area contributed by atoms with Gasteiger partial charge in [0.1, 0.15) is 0 Å². The number of esters is 1. The Morgan fingerprint density at radius 2 is 2.00 bits per heavy atom. The highest BCUT2D eigenvalue weighted by molar-refractivity contribution is 5.74. The summed E-state index contributed by atoms with van der Waals surface area (Å²) >= 11 is 0. The fourth-order valence-electron chi connectivity index (χ4n) is 1.81. The molecule has 0 aromatic heterocycles. The molecule has 0 aliphatic carbocycles. The zero-order chi connectivity index (χ0) is 15.1. The van der Waals surface area contributed by atoms with Crippen LogP contribution in [0.4, 0.5) is 0 Å². The molecule has 0 saturated heterocycles. The van der Waals surface area contributed by atoms with Crippen molar-refractivity contribution >= 4 is 5.97 Å². The number of carbonyl (C=O) groups excluding carboxylic acids is 1. The third-order valence-corrected chi connectivity index (χ3v) is 2.71. The first kappa shape index (κ1) is 16.3. The molecule has 0 aliphatic heterocycles. The van der Waals surface area contributed by atoms with Crippen LogP contribution in [0.3, 0.4) is 0 Å². The summed E-state index contributed by atoms with van der Waals surface area (Å²) in [5.41, 5.74) is 6.82. The van der Waals surface area contributed by atoms with Crippen molar-refractivity contribution < 1.29 is 19.0 Å². The van der Waals surface area contributed by atoms with Gasteiger partial charge in [0.05, 0.1) is 13.7 Å². The molecule has 20 heavy (non-hydrogen) atoms. The Bertz CT molecular complexity index is 445. The van der Waals surface area contributed by atoms with Gasteiger partial charge in [-0.1, -0.05) is 6.07 Å². The first-order valence-electron chi connectivity index (χ1n) is 6.73. The summed E-state index contributed by atoms with van der Waals surface area (Å²) in [7, 11) is 1.56. The Labute approximate surface area is 120 Å². The Morgan fingerprint density at radius 1 is 1.30 bits per heavy atom. The lowest BCUT2D eigenvalue weighted by Gasteiger charge is -2.17. The number of ether oxygens (including phenoxy) is 3. The standard InChI is InChI=1S/C15H23NO4/c1-5-19-15(17)11(3)20-14-9-12(8-10(2)16)6-7-13(14)18-4/h6-7,9-11H,5,8,16H2,1-4H3. The van der Waals surface area contributed by atoms with Crippen LogP contribution in [-0.4, -0.2) is 31.8 Å². The van der Waals surface area contributed by atoms with E-state index in [1.54, 1.807) is 21.0 Å². The lowest BCUT2D eigenvalue weighted by Crippen LogP contribution is -2.26. The summed E-state index contributed by atoms with van der Waals surface area (Å²) in [5, 5.41) is 0. The Morgan fingerprint density at radius 3 is 2.55 bits per heavy atom. The maximum Gasteiger partial charge on any atom is 0.347 e. The topological polar surface area (TPSA) is 70.8 Å². The van der Waals surface area contributed by atoms with Gasteiger partial charge in [-0.25, -0.2) is 4.79 Å². The molecule has 0 radical (unpaired) electrons. The van der Waals surface area contributed by atoms with E-state index in [9.17, 15) is 4.79 Å². The van der Waals surface area contributed by atoms with Gasteiger partial charge in [-0.15, -0.1) is 0 Å². The van der Waals surface area contributed by atoms with Gasteiger partial charge in [-0.2, -0.15) is 0 Å². The molecule has 0 fully saturated rings. The molecule has 2 N–H and O–H groups in total. The molecule has 0 heterocycles. The van der Waals surface area contributed by atoms with Crippen molar-refractivity contribution in [3.8, 4) is 11.5 Å². The maximum atomic E-state index is 11.6. The molecule has 112 valence electrons. The summed E-state index contributed by atoms with van der Waals surface area (Å²) < 4.78 is 15.8. The first-order chi connectivity index (χ1) is 9.47. The first-order valence-corrected chi connectivity index (χ1v) is 6.73. The number of rotatable bonds is 7. The van der Waals surface area contributed by atoms with Gasteiger partial charge in [0.15, 0.2) is 17.6 Å². The molecular formula is C15H23NO4. The van der Waals surface area contributed by atoms with Crippen LogP contribution in [0.25, 0.3) is 0 Å². The quantitative estimate of drug-likeness (QED) is 0.773. The third kappa shape index (κ3) is 4.74. The van der Waals surface area contributed by atoms with E-state index in [1.807, 2.05) is 25.1 Å². The Hall–Kier alpha value is -1.75. The average molecular weight is 281 g/mol. The second kappa shape index (κ2) is 7.75. The summed E-state index contributed by atoms with van der Waals surface area (Å²) in [4.78, 5) is 11.6. The molecule has 1 rings (SSSR count). The number of benzene rings is 1. The predicted octanol–water partition coefficient (Wildman–Crippen LogP) is 1.92. The van der Waals surface area contributed by atoms with Crippen LogP contribution in [-0.2, 0) is 16.0 Å². The Kier molecular flexibility index (Phi) is 6.31. The van der Waals surface area contributed by atoms with Crippen molar-refractivity contribution in [1.29, 1.82) is 0 Å². The van der Waals surface area contributed by atoms with Crippen LogP contribution < -0.4 is 15.2 Å². The monoisotopic (exact) mass is 281 g/mol. The summed E-state index contributed by atoms with van der Waals surface area (Å²) in [6, 6.07) is 5.64. The van der Waals surface area contributed by atoms with Crippen LogP contribution in [0, 0.1) is 0 Å². The predicted molar refractivity (Wildman–Crippen MR) is 77.1 cm³/mol. The van der Waals surface area contributed by atoms with E-state index in [1.165, 1.54) is 0 Å². The van der Waals surface area contributed by atoms with Crippen LogP contribution in [0.2, 0.25) is 0 Å². The van der Waals surface area contributed by atoms with Crippen molar-refractivity contribution in [3.63, 3.8) is 0 Å².